The van der Waals surface area contributed by atoms with Gasteiger partial charge in [-0.05, 0) is 82.5 Å². The second-order valence-corrected chi connectivity index (χ2v) is 8.06. The third-order valence-corrected chi connectivity index (χ3v) is 6.30. The number of unbranched alkanes of at least 4 members (excludes halogenated alkanes) is 1. The summed E-state index contributed by atoms with van der Waals surface area (Å²) in [5, 5.41) is 0. The maximum atomic E-state index is 6.04. The summed E-state index contributed by atoms with van der Waals surface area (Å²) in [7, 11) is 0. The fourth-order valence-electron chi connectivity index (χ4n) is 4.72. The molecule has 0 atom stereocenters. The lowest BCUT2D eigenvalue weighted by atomic mass is 9.70. The first-order chi connectivity index (χ1) is 11.8. The molecule has 2 saturated carbocycles. The van der Waals surface area contributed by atoms with E-state index in [1.165, 1.54) is 77.0 Å². The molecule has 0 bridgehead atoms. The Hall–Kier alpha value is -0.560. The second kappa shape index (κ2) is 11.9. The standard InChI is InChI=1S/C23H40O/c1-3-5-7-9-19-24-23-17-15-22(16-18-23)21-13-11-20(12-14-21)10-8-6-4-2/h4,6-7,9,20-23H,3,5,8,10-19H2,1-2H3/b6-4+,9-7+/t20-,21-,22-,23-. The van der Waals surface area contributed by atoms with Crippen LogP contribution < -0.4 is 0 Å². The summed E-state index contributed by atoms with van der Waals surface area (Å²) in [5.74, 6) is 3.03. The summed E-state index contributed by atoms with van der Waals surface area (Å²) < 4.78 is 6.04. The van der Waals surface area contributed by atoms with Gasteiger partial charge in [0.05, 0.1) is 12.7 Å². The van der Waals surface area contributed by atoms with E-state index in [4.69, 9.17) is 4.74 Å². The van der Waals surface area contributed by atoms with Crippen molar-refractivity contribution in [3.63, 3.8) is 0 Å². The molecule has 1 nitrogen and oxygen atoms in total. The Kier molecular flexibility index (Phi) is 9.80. The Bertz CT molecular complexity index is 354. The van der Waals surface area contributed by atoms with Crippen molar-refractivity contribution in [3.8, 4) is 0 Å². The van der Waals surface area contributed by atoms with Crippen LogP contribution in [0.15, 0.2) is 24.3 Å². The van der Waals surface area contributed by atoms with Gasteiger partial charge < -0.3 is 4.74 Å². The van der Waals surface area contributed by atoms with Crippen molar-refractivity contribution in [2.24, 2.45) is 17.8 Å². The van der Waals surface area contributed by atoms with E-state index in [0.29, 0.717) is 6.10 Å². The van der Waals surface area contributed by atoms with Gasteiger partial charge in [0.2, 0.25) is 0 Å². The molecule has 0 saturated heterocycles. The third-order valence-electron chi connectivity index (χ3n) is 6.30. The van der Waals surface area contributed by atoms with Crippen LogP contribution in [0, 0.1) is 17.8 Å². The SMILES string of the molecule is C/C=C/CC[C@H]1CC[C@H]([C@H]2CC[C@H](OC/C=C/CCC)CC2)CC1. The highest BCUT2D eigenvalue weighted by Gasteiger charge is 2.30. The second-order valence-electron chi connectivity index (χ2n) is 8.06. The minimum Gasteiger partial charge on any atom is -0.374 e. The maximum Gasteiger partial charge on any atom is 0.0651 e. The van der Waals surface area contributed by atoms with Crippen LogP contribution in [0.2, 0.25) is 0 Å². The highest BCUT2D eigenvalue weighted by Crippen LogP contribution is 2.41. The molecule has 0 aliphatic heterocycles. The van der Waals surface area contributed by atoms with Gasteiger partial charge in [-0.3, -0.25) is 0 Å². The molecule has 0 spiro atoms. The van der Waals surface area contributed by atoms with Crippen molar-refractivity contribution in [1.29, 1.82) is 0 Å². The summed E-state index contributed by atoms with van der Waals surface area (Å²) in [6, 6.07) is 0. The molecule has 2 fully saturated rings. The summed E-state index contributed by atoms with van der Waals surface area (Å²) in [6.45, 7) is 5.19. The molecule has 24 heavy (non-hydrogen) atoms. The highest BCUT2D eigenvalue weighted by molar-refractivity contribution is 4.85. The highest BCUT2D eigenvalue weighted by atomic mass is 16.5. The van der Waals surface area contributed by atoms with Crippen LogP contribution in [-0.2, 0) is 4.74 Å². The Balaban J connectivity index is 1.58. The molecule has 0 aromatic carbocycles. The zero-order chi connectivity index (χ0) is 17.0. The van der Waals surface area contributed by atoms with Gasteiger partial charge in [0, 0.05) is 0 Å². The molecule has 2 aliphatic rings. The summed E-state index contributed by atoms with van der Waals surface area (Å²) in [6.07, 6.45) is 26.1. The van der Waals surface area contributed by atoms with E-state index in [2.05, 4.69) is 38.2 Å². The third kappa shape index (κ3) is 7.13. The van der Waals surface area contributed by atoms with Gasteiger partial charge >= 0.3 is 0 Å². The van der Waals surface area contributed by atoms with Crippen molar-refractivity contribution in [1.82, 2.24) is 0 Å². The average molecular weight is 333 g/mol. The fraction of sp³-hybridized carbons (Fsp3) is 0.826. The molecule has 0 radical (unpaired) electrons. The normalized spacial score (nSPS) is 31.9. The lowest BCUT2D eigenvalue weighted by molar-refractivity contribution is 0.0210. The smallest absolute Gasteiger partial charge is 0.0651 e. The minimum absolute atomic E-state index is 0.532. The first-order valence-electron chi connectivity index (χ1n) is 10.7. The number of rotatable bonds is 9. The monoisotopic (exact) mass is 332 g/mol. The Morgan fingerprint density at radius 3 is 2.08 bits per heavy atom. The quantitative estimate of drug-likeness (QED) is 0.410. The number of hydrogen-bond acceptors (Lipinski definition) is 1. The van der Waals surface area contributed by atoms with Crippen LogP contribution in [0.4, 0.5) is 0 Å². The van der Waals surface area contributed by atoms with Crippen molar-refractivity contribution >= 4 is 0 Å². The molecule has 2 aliphatic carbocycles. The van der Waals surface area contributed by atoms with E-state index < -0.39 is 0 Å². The maximum absolute atomic E-state index is 6.04. The molecular weight excluding hydrogens is 292 g/mol. The molecule has 0 aromatic rings. The predicted octanol–water partition coefficient (Wildman–Crippen LogP) is 7.08. The van der Waals surface area contributed by atoms with Gasteiger partial charge in [0.25, 0.3) is 0 Å². The summed E-state index contributed by atoms with van der Waals surface area (Å²) in [5.41, 5.74) is 0. The Labute approximate surface area is 150 Å². The van der Waals surface area contributed by atoms with Gasteiger partial charge in [0.15, 0.2) is 0 Å². The van der Waals surface area contributed by atoms with Gasteiger partial charge in [-0.2, -0.15) is 0 Å². The van der Waals surface area contributed by atoms with Gasteiger partial charge in [-0.15, -0.1) is 0 Å². The van der Waals surface area contributed by atoms with E-state index in [0.717, 1.165) is 24.4 Å². The molecule has 138 valence electrons. The topological polar surface area (TPSA) is 9.23 Å². The van der Waals surface area contributed by atoms with E-state index in [1.807, 2.05) is 0 Å². The first-order valence-corrected chi connectivity index (χ1v) is 10.7. The zero-order valence-corrected chi connectivity index (χ0v) is 16.2. The van der Waals surface area contributed by atoms with E-state index in [1.54, 1.807) is 0 Å². The summed E-state index contributed by atoms with van der Waals surface area (Å²) in [4.78, 5) is 0. The number of ether oxygens (including phenoxy) is 1. The molecule has 0 N–H and O–H groups in total. The van der Waals surface area contributed by atoms with Crippen molar-refractivity contribution in [2.75, 3.05) is 6.61 Å². The molecule has 2 rings (SSSR count). The van der Waals surface area contributed by atoms with Crippen LogP contribution in [0.1, 0.15) is 90.9 Å². The van der Waals surface area contributed by atoms with E-state index in [-0.39, 0.29) is 0 Å². The molecule has 1 heteroatoms. The van der Waals surface area contributed by atoms with Crippen LogP contribution >= 0.6 is 0 Å². The van der Waals surface area contributed by atoms with Crippen molar-refractivity contribution < 1.29 is 4.74 Å². The number of hydrogen-bond donors (Lipinski definition) is 0. The largest absolute Gasteiger partial charge is 0.374 e. The summed E-state index contributed by atoms with van der Waals surface area (Å²) >= 11 is 0. The first kappa shape index (κ1) is 19.8. The lowest BCUT2D eigenvalue weighted by Crippen LogP contribution is -2.28. The number of allylic oxidation sites excluding steroid dienone is 3. The fourth-order valence-corrected chi connectivity index (χ4v) is 4.72. The zero-order valence-electron chi connectivity index (χ0n) is 16.2. The van der Waals surface area contributed by atoms with E-state index >= 15 is 0 Å². The van der Waals surface area contributed by atoms with Gasteiger partial charge in [0.1, 0.15) is 0 Å². The van der Waals surface area contributed by atoms with Gasteiger partial charge in [-0.25, -0.2) is 0 Å². The Morgan fingerprint density at radius 1 is 0.792 bits per heavy atom. The molecule has 0 unspecified atom stereocenters. The molecule has 0 aromatic heterocycles. The molecular formula is C23H40O. The predicted molar refractivity (Wildman–Crippen MR) is 105 cm³/mol. The van der Waals surface area contributed by atoms with Crippen LogP contribution in [-0.4, -0.2) is 12.7 Å². The lowest BCUT2D eigenvalue weighted by Gasteiger charge is -2.37. The van der Waals surface area contributed by atoms with Crippen molar-refractivity contribution in [2.45, 2.75) is 97.0 Å². The minimum atomic E-state index is 0.532. The van der Waals surface area contributed by atoms with Crippen LogP contribution in [0.5, 0.6) is 0 Å². The molecule has 0 heterocycles. The van der Waals surface area contributed by atoms with Gasteiger partial charge in [-0.1, -0.05) is 50.5 Å². The van der Waals surface area contributed by atoms with E-state index in [9.17, 15) is 0 Å². The van der Waals surface area contributed by atoms with Crippen LogP contribution in [0.25, 0.3) is 0 Å². The molecule has 0 amide bonds. The average Bonchev–Trinajstić information content (AvgIpc) is 2.63. The van der Waals surface area contributed by atoms with Crippen molar-refractivity contribution in [3.05, 3.63) is 24.3 Å². The Morgan fingerprint density at radius 2 is 1.46 bits per heavy atom. The van der Waals surface area contributed by atoms with Crippen LogP contribution in [0.3, 0.4) is 0 Å².